The van der Waals surface area contributed by atoms with Crippen LogP contribution >= 0.6 is 46.2 Å². The highest BCUT2D eigenvalue weighted by molar-refractivity contribution is 8.01. The smallest absolute Gasteiger partial charge is 0.236 e. The van der Waals surface area contributed by atoms with Crippen molar-refractivity contribution in [1.82, 2.24) is 15.2 Å². The highest BCUT2D eigenvalue weighted by atomic mass is 32.2. The van der Waals surface area contributed by atoms with Crippen molar-refractivity contribution >= 4 is 67.5 Å². The molecule has 1 amide bonds. The number of fused-ring (bicyclic) bond motifs is 1. The number of anilines is 1. The standard InChI is InChI=1S/C18H13FN4OS4/c19-12-7-5-11(6-8-12)9-25-18-23-22-16(28-18)21-15(24)10-26-17-20-13-3-1-2-4-14(13)27-17/h1-8H,9-10H2,(H,21,22,24). The fourth-order valence-corrected chi connectivity index (χ4v) is 5.83. The van der Waals surface area contributed by atoms with Crippen LogP contribution in [-0.2, 0) is 10.5 Å². The van der Waals surface area contributed by atoms with Gasteiger partial charge in [-0.15, -0.1) is 21.5 Å². The molecule has 10 heteroatoms. The van der Waals surface area contributed by atoms with E-state index in [1.54, 1.807) is 23.5 Å². The summed E-state index contributed by atoms with van der Waals surface area (Å²) in [4.78, 5) is 16.7. The van der Waals surface area contributed by atoms with Gasteiger partial charge in [-0.2, -0.15) is 0 Å². The quantitative estimate of drug-likeness (QED) is 0.305. The molecule has 0 spiro atoms. The van der Waals surface area contributed by atoms with Gasteiger partial charge in [0.15, 0.2) is 8.68 Å². The second-order valence-corrected chi connectivity index (χ2v) is 10.0. The maximum Gasteiger partial charge on any atom is 0.236 e. The van der Waals surface area contributed by atoms with E-state index >= 15 is 0 Å². The molecule has 0 bridgehead atoms. The Labute approximate surface area is 176 Å². The van der Waals surface area contributed by atoms with Crippen molar-refractivity contribution in [1.29, 1.82) is 0 Å². The van der Waals surface area contributed by atoms with Crippen molar-refractivity contribution in [3.63, 3.8) is 0 Å². The summed E-state index contributed by atoms with van der Waals surface area (Å²) in [6.07, 6.45) is 0. The number of thiazole rings is 1. The van der Waals surface area contributed by atoms with E-state index in [2.05, 4.69) is 20.5 Å². The van der Waals surface area contributed by atoms with E-state index in [4.69, 9.17) is 0 Å². The minimum atomic E-state index is -0.251. The number of rotatable bonds is 7. The van der Waals surface area contributed by atoms with Gasteiger partial charge >= 0.3 is 0 Å². The van der Waals surface area contributed by atoms with Gasteiger partial charge in [-0.05, 0) is 29.8 Å². The maximum atomic E-state index is 12.9. The average molecular weight is 449 g/mol. The summed E-state index contributed by atoms with van der Waals surface area (Å²) < 4.78 is 15.6. The Kier molecular flexibility index (Phi) is 6.20. The SMILES string of the molecule is O=C(CSc1nc2ccccc2s1)Nc1nnc(SCc2ccc(F)cc2)s1. The maximum absolute atomic E-state index is 12.9. The predicted octanol–water partition coefficient (Wildman–Crippen LogP) is 5.31. The average Bonchev–Trinajstić information content (AvgIpc) is 3.32. The first-order valence-electron chi connectivity index (χ1n) is 8.15. The van der Waals surface area contributed by atoms with Crippen LogP contribution in [0.25, 0.3) is 10.2 Å². The summed E-state index contributed by atoms with van der Waals surface area (Å²) in [7, 11) is 0. The molecule has 0 aliphatic rings. The van der Waals surface area contributed by atoms with Crippen LogP contribution in [0.5, 0.6) is 0 Å². The van der Waals surface area contributed by atoms with Gasteiger partial charge in [-0.1, -0.05) is 59.1 Å². The van der Waals surface area contributed by atoms with Crippen LogP contribution < -0.4 is 5.32 Å². The third kappa shape index (κ3) is 5.07. The summed E-state index contributed by atoms with van der Waals surface area (Å²) in [5.41, 5.74) is 1.95. The number of carbonyl (C=O) groups excluding carboxylic acids is 1. The van der Waals surface area contributed by atoms with Crippen molar-refractivity contribution in [2.75, 3.05) is 11.1 Å². The number of para-hydroxylation sites is 1. The van der Waals surface area contributed by atoms with Gasteiger partial charge in [0.2, 0.25) is 11.0 Å². The molecule has 2 aromatic heterocycles. The lowest BCUT2D eigenvalue weighted by Crippen LogP contribution is -2.13. The topological polar surface area (TPSA) is 67.8 Å². The summed E-state index contributed by atoms with van der Waals surface area (Å²) in [6, 6.07) is 14.3. The molecule has 0 saturated carbocycles. The van der Waals surface area contributed by atoms with Gasteiger partial charge < -0.3 is 0 Å². The molecule has 4 rings (SSSR count). The molecule has 142 valence electrons. The summed E-state index contributed by atoms with van der Waals surface area (Å²) in [6.45, 7) is 0. The largest absolute Gasteiger partial charge is 0.300 e. The van der Waals surface area contributed by atoms with Crippen LogP contribution in [-0.4, -0.2) is 26.8 Å². The molecule has 0 aliphatic heterocycles. The van der Waals surface area contributed by atoms with E-state index < -0.39 is 0 Å². The number of nitrogens with one attached hydrogen (secondary N) is 1. The predicted molar refractivity (Wildman–Crippen MR) is 115 cm³/mol. The van der Waals surface area contributed by atoms with Gasteiger partial charge in [0.1, 0.15) is 5.82 Å². The third-order valence-corrected chi connectivity index (χ3v) is 7.75. The van der Waals surface area contributed by atoms with Crippen LogP contribution in [0.15, 0.2) is 57.2 Å². The minimum absolute atomic E-state index is 0.143. The van der Waals surface area contributed by atoms with Crippen LogP contribution in [0, 0.1) is 5.82 Å². The van der Waals surface area contributed by atoms with E-state index in [-0.39, 0.29) is 17.5 Å². The first kappa shape index (κ1) is 19.3. The lowest BCUT2D eigenvalue weighted by Gasteiger charge is -1.99. The molecule has 0 saturated heterocycles. The van der Waals surface area contributed by atoms with Crippen molar-refractivity contribution < 1.29 is 9.18 Å². The first-order chi connectivity index (χ1) is 13.7. The highest BCUT2D eigenvalue weighted by Crippen LogP contribution is 2.30. The number of benzene rings is 2. The first-order valence-corrected chi connectivity index (χ1v) is 11.7. The van der Waals surface area contributed by atoms with Crippen molar-refractivity contribution in [2.24, 2.45) is 0 Å². The fraction of sp³-hybridized carbons (Fsp3) is 0.111. The minimum Gasteiger partial charge on any atom is -0.300 e. The van der Waals surface area contributed by atoms with Gasteiger partial charge in [0.25, 0.3) is 0 Å². The zero-order chi connectivity index (χ0) is 19.3. The normalized spacial score (nSPS) is 11.0. The Hall–Kier alpha value is -2.01. The molecule has 5 nitrogen and oxygen atoms in total. The number of amides is 1. The number of thioether (sulfide) groups is 2. The van der Waals surface area contributed by atoms with E-state index in [1.807, 2.05) is 24.3 Å². The van der Waals surface area contributed by atoms with Crippen molar-refractivity contribution in [3.8, 4) is 0 Å². The Balaban J connectivity index is 1.27. The molecule has 4 aromatic rings. The van der Waals surface area contributed by atoms with Gasteiger partial charge in [0.05, 0.1) is 16.0 Å². The van der Waals surface area contributed by atoms with Gasteiger partial charge in [-0.3, -0.25) is 10.1 Å². The van der Waals surface area contributed by atoms with Crippen LogP contribution in [0.4, 0.5) is 9.52 Å². The molecular formula is C18H13FN4OS4. The number of hydrogen-bond donors (Lipinski definition) is 1. The van der Waals surface area contributed by atoms with E-state index in [0.29, 0.717) is 10.9 Å². The highest BCUT2D eigenvalue weighted by Gasteiger charge is 2.11. The lowest BCUT2D eigenvalue weighted by molar-refractivity contribution is -0.113. The van der Waals surface area contributed by atoms with Crippen LogP contribution in [0.1, 0.15) is 5.56 Å². The molecule has 2 heterocycles. The number of nitrogens with zero attached hydrogens (tertiary/aromatic N) is 3. The Morgan fingerprint density at radius 3 is 2.64 bits per heavy atom. The Bertz CT molecular complexity index is 1060. The molecule has 0 aliphatic carbocycles. The summed E-state index contributed by atoms with van der Waals surface area (Å²) >= 11 is 5.80. The molecular weight excluding hydrogens is 435 g/mol. The van der Waals surface area contributed by atoms with Crippen molar-refractivity contribution in [3.05, 3.63) is 59.9 Å². The molecule has 0 atom stereocenters. The van der Waals surface area contributed by atoms with Crippen molar-refractivity contribution in [2.45, 2.75) is 14.4 Å². The molecule has 2 aromatic carbocycles. The number of carbonyl (C=O) groups is 1. The monoisotopic (exact) mass is 448 g/mol. The fourth-order valence-electron chi connectivity index (χ4n) is 2.24. The Morgan fingerprint density at radius 1 is 1.00 bits per heavy atom. The van der Waals surface area contributed by atoms with Gasteiger partial charge in [0, 0.05) is 5.75 Å². The van der Waals surface area contributed by atoms with Gasteiger partial charge in [-0.25, -0.2) is 9.37 Å². The van der Waals surface area contributed by atoms with Crippen LogP contribution in [0.3, 0.4) is 0 Å². The summed E-state index contributed by atoms with van der Waals surface area (Å²) in [5.74, 6) is 0.530. The molecule has 0 fully saturated rings. The third-order valence-electron chi connectivity index (χ3n) is 3.53. The van der Waals surface area contributed by atoms with E-state index in [0.717, 1.165) is 24.5 Å². The lowest BCUT2D eigenvalue weighted by atomic mass is 10.2. The van der Waals surface area contributed by atoms with E-state index in [1.165, 1.54) is 47.0 Å². The number of halogens is 1. The summed E-state index contributed by atoms with van der Waals surface area (Å²) in [5, 5.41) is 11.3. The van der Waals surface area contributed by atoms with Crippen LogP contribution in [0.2, 0.25) is 0 Å². The second kappa shape index (κ2) is 8.99. The second-order valence-electron chi connectivity index (χ2n) is 5.57. The zero-order valence-corrected chi connectivity index (χ0v) is 17.6. The molecule has 1 N–H and O–H groups in total. The molecule has 28 heavy (non-hydrogen) atoms. The number of hydrogen-bond acceptors (Lipinski definition) is 8. The Morgan fingerprint density at radius 2 is 1.82 bits per heavy atom. The molecule has 0 unspecified atom stereocenters. The van der Waals surface area contributed by atoms with E-state index in [9.17, 15) is 9.18 Å². The zero-order valence-electron chi connectivity index (χ0n) is 14.3. The molecule has 0 radical (unpaired) electrons. The number of aromatic nitrogens is 3.